The summed E-state index contributed by atoms with van der Waals surface area (Å²) in [6.45, 7) is 2.31. The number of aromatic nitrogens is 5. The number of imidazole rings is 1. The van der Waals surface area contributed by atoms with Crippen molar-refractivity contribution in [2.45, 2.75) is 19.9 Å². The first-order valence-electron chi connectivity index (χ1n) is 8.22. The van der Waals surface area contributed by atoms with Gasteiger partial charge in [0, 0.05) is 35.8 Å². The van der Waals surface area contributed by atoms with Crippen LogP contribution in [0.25, 0.3) is 16.7 Å². The maximum absolute atomic E-state index is 11.8. The highest BCUT2D eigenvalue weighted by Gasteiger charge is 2.17. The molecule has 0 fully saturated rings. The number of hydrogen-bond acceptors (Lipinski definition) is 3. The van der Waals surface area contributed by atoms with Gasteiger partial charge >= 0.3 is 5.69 Å². The van der Waals surface area contributed by atoms with Crippen LogP contribution in [0.3, 0.4) is 0 Å². The second kappa shape index (κ2) is 6.10. The van der Waals surface area contributed by atoms with E-state index in [2.05, 4.69) is 14.6 Å². The Morgan fingerprint density at radius 3 is 2.85 bits per heavy atom. The van der Waals surface area contributed by atoms with Crippen LogP contribution in [0.5, 0.6) is 5.88 Å². The van der Waals surface area contributed by atoms with E-state index in [0.717, 1.165) is 28.0 Å². The Bertz CT molecular complexity index is 1160. The number of nitrogens with zero attached hydrogens (tertiary/aromatic N) is 4. The van der Waals surface area contributed by atoms with Gasteiger partial charge in [-0.1, -0.05) is 11.6 Å². The molecule has 0 saturated heterocycles. The molecule has 0 bridgehead atoms. The fourth-order valence-corrected chi connectivity index (χ4v) is 3.59. The second-order valence-corrected chi connectivity index (χ2v) is 6.69. The molecule has 7 nitrogen and oxygen atoms in total. The molecule has 134 valence electrons. The Morgan fingerprint density at radius 2 is 2.12 bits per heavy atom. The van der Waals surface area contributed by atoms with Crippen molar-refractivity contribution in [3.63, 3.8) is 0 Å². The van der Waals surface area contributed by atoms with E-state index in [1.165, 1.54) is 10.8 Å². The Hall–Kier alpha value is -2.93. The summed E-state index contributed by atoms with van der Waals surface area (Å²) in [7, 11) is 1.90. The summed E-state index contributed by atoms with van der Waals surface area (Å²) < 4.78 is 5.21. The molecule has 0 unspecified atom stereocenters. The van der Waals surface area contributed by atoms with Crippen molar-refractivity contribution >= 4 is 22.5 Å². The van der Waals surface area contributed by atoms with Gasteiger partial charge in [-0.25, -0.2) is 4.79 Å². The zero-order chi connectivity index (χ0) is 18.4. The number of benzene rings is 1. The highest BCUT2D eigenvalue weighted by Crippen LogP contribution is 2.27. The minimum Gasteiger partial charge on any atom is -0.493 e. The van der Waals surface area contributed by atoms with Crippen LogP contribution < -0.4 is 5.69 Å². The molecule has 4 aromatic rings. The first kappa shape index (κ1) is 16.5. The lowest BCUT2D eigenvalue weighted by Gasteiger charge is -2.10. The number of H-pyrrole nitrogens is 1. The smallest absolute Gasteiger partial charge is 0.328 e. The van der Waals surface area contributed by atoms with E-state index in [1.54, 1.807) is 0 Å². The van der Waals surface area contributed by atoms with Crippen molar-refractivity contribution in [2.24, 2.45) is 7.05 Å². The number of hydrogen-bond donors (Lipinski definition) is 2. The SMILES string of the molecule is Cc1nn(C)c(-n2ccc3cc(Cl)ccc32)c1CCn1c(O)c[nH]c1=O. The minimum atomic E-state index is -0.327. The Balaban J connectivity index is 1.78. The number of halogens is 1. The first-order valence-corrected chi connectivity index (χ1v) is 8.60. The lowest BCUT2D eigenvalue weighted by Crippen LogP contribution is -2.18. The van der Waals surface area contributed by atoms with Crippen LogP contribution >= 0.6 is 11.6 Å². The molecule has 4 rings (SSSR count). The van der Waals surface area contributed by atoms with Crippen LogP contribution in [-0.2, 0) is 20.0 Å². The molecule has 0 amide bonds. The van der Waals surface area contributed by atoms with Gasteiger partial charge in [0.05, 0.1) is 17.4 Å². The zero-order valence-electron chi connectivity index (χ0n) is 14.4. The molecule has 0 radical (unpaired) electrons. The number of aromatic amines is 1. The van der Waals surface area contributed by atoms with Crippen molar-refractivity contribution in [3.05, 3.63) is 63.4 Å². The van der Waals surface area contributed by atoms with E-state index in [0.29, 0.717) is 18.0 Å². The second-order valence-electron chi connectivity index (χ2n) is 6.25. The predicted molar refractivity (Wildman–Crippen MR) is 100 cm³/mol. The molecule has 0 atom stereocenters. The molecular formula is C18H18ClN5O2. The zero-order valence-corrected chi connectivity index (χ0v) is 15.2. The minimum absolute atomic E-state index is 0.0702. The number of nitrogens with one attached hydrogen (secondary N) is 1. The largest absolute Gasteiger partial charge is 0.493 e. The first-order chi connectivity index (χ1) is 12.5. The standard InChI is InChI=1S/C18H18ClN5O2/c1-11-14(6-8-24-16(25)10-20-18(24)26)17(22(2)21-11)23-7-5-12-9-13(19)3-4-15(12)23/h3-5,7,9-10,25H,6,8H2,1-2H3,(H,20,26). The summed E-state index contributed by atoms with van der Waals surface area (Å²) >= 11 is 6.09. The van der Waals surface area contributed by atoms with E-state index in [1.807, 2.05) is 49.1 Å². The maximum atomic E-state index is 11.8. The molecule has 0 spiro atoms. The van der Waals surface area contributed by atoms with Gasteiger partial charge in [-0.15, -0.1) is 0 Å². The van der Waals surface area contributed by atoms with E-state index in [9.17, 15) is 9.90 Å². The van der Waals surface area contributed by atoms with Crippen LogP contribution in [0.4, 0.5) is 0 Å². The number of aromatic hydroxyl groups is 1. The quantitative estimate of drug-likeness (QED) is 0.578. The third kappa shape index (κ3) is 2.61. The van der Waals surface area contributed by atoms with E-state index in [4.69, 9.17) is 11.6 Å². The molecule has 0 aliphatic heterocycles. The lowest BCUT2D eigenvalue weighted by molar-refractivity contribution is 0.413. The van der Waals surface area contributed by atoms with Gasteiger partial charge in [-0.05, 0) is 37.6 Å². The van der Waals surface area contributed by atoms with Gasteiger partial charge in [-0.2, -0.15) is 5.10 Å². The summed E-state index contributed by atoms with van der Waals surface area (Å²) in [5, 5.41) is 16.1. The molecule has 3 aromatic heterocycles. The fraction of sp³-hybridized carbons (Fsp3) is 0.222. The molecule has 2 N–H and O–H groups in total. The van der Waals surface area contributed by atoms with Crippen LogP contribution in [-0.4, -0.2) is 29.0 Å². The van der Waals surface area contributed by atoms with Crippen LogP contribution in [0.15, 0.2) is 41.5 Å². The third-order valence-electron chi connectivity index (χ3n) is 4.63. The van der Waals surface area contributed by atoms with E-state index >= 15 is 0 Å². The molecule has 1 aromatic carbocycles. The number of rotatable bonds is 4. The molecule has 0 saturated carbocycles. The monoisotopic (exact) mass is 371 g/mol. The average Bonchev–Trinajstić information content (AvgIpc) is 3.22. The molecule has 0 aliphatic rings. The van der Waals surface area contributed by atoms with Gasteiger partial charge in [-0.3, -0.25) is 9.25 Å². The third-order valence-corrected chi connectivity index (χ3v) is 4.86. The highest BCUT2D eigenvalue weighted by molar-refractivity contribution is 6.31. The predicted octanol–water partition coefficient (Wildman–Crippen LogP) is 2.76. The van der Waals surface area contributed by atoms with Crippen molar-refractivity contribution in [1.82, 2.24) is 23.9 Å². The highest BCUT2D eigenvalue weighted by atomic mass is 35.5. The van der Waals surface area contributed by atoms with Gasteiger partial charge in [0.1, 0.15) is 5.82 Å². The molecular weight excluding hydrogens is 354 g/mol. The van der Waals surface area contributed by atoms with E-state index in [-0.39, 0.29) is 11.6 Å². The average molecular weight is 372 g/mol. The molecule has 26 heavy (non-hydrogen) atoms. The van der Waals surface area contributed by atoms with Crippen molar-refractivity contribution < 1.29 is 5.11 Å². The normalized spacial score (nSPS) is 11.5. The summed E-state index contributed by atoms with van der Waals surface area (Å²) in [4.78, 5) is 14.3. The van der Waals surface area contributed by atoms with Crippen molar-refractivity contribution in [3.8, 4) is 11.7 Å². The van der Waals surface area contributed by atoms with Crippen molar-refractivity contribution in [1.29, 1.82) is 0 Å². The van der Waals surface area contributed by atoms with Crippen LogP contribution in [0.2, 0.25) is 5.02 Å². The topological polar surface area (TPSA) is 80.8 Å². The molecule has 3 heterocycles. The Kier molecular flexibility index (Phi) is 3.88. The number of aryl methyl sites for hydroxylation is 2. The van der Waals surface area contributed by atoms with Gasteiger partial charge in [0.2, 0.25) is 5.88 Å². The summed E-state index contributed by atoms with van der Waals surface area (Å²) in [6, 6.07) is 7.77. The van der Waals surface area contributed by atoms with Crippen LogP contribution in [0, 0.1) is 6.92 Å². The summed E-state index contributed by atoms with van der Waals surface area (Å²) in [6.07, 6.45) is 3.84. The number of fused-ring (bicyclic) bond motifs is 1. The van der Waals surface area contributed by atoms with E-state index < -0.39 is 0 Å². The van der Waals surface area contributed by atoms with Crippen molar-refractivity contribution in [2.75, 3.05) is 0 Å². The molecule has 8 heteroatoms. The van der Waals surface area contributed by atoms with Gasteiger partial charge < -0.3 is 14.7 Å². The lowest BCUT2D eigenvalue weighted by atomic mass is 10.1. The van der Waals surface area contributed by atoms with Gasteiger partial charge in [0.25, 0.3) is 0 Å². The summed E-state index contributed by atoms with van der Waals surface area (Å²) in [5.41, 5.74) is 2.61. The van der Waals surface area contributed by atoms with Crippen LogP contribution in [0.1, 0.15) is 11.3 Å². The Morgan fingerprint density at radius 1 is 1.31 bits per heavy atom. The Labute approximate surface area is 154 Å². The van der Waals surface area contributed by atoms with Gasteiger partial charge in [0.15, 0.2) is 0 Å². The fourth-order valence-electron chi connectivity index (χ4n) is 3.41. The maximum Gasteiger partial charge on any atom is 0.328 e. The molecule has 0 aliphatic carbocycles. The summed E-state index contributed by atoms with van der Waals surface area (Å²) in [5.74, 6) is 0.863.